The van der Waals surface area contributed by atoms with Crippen molar-refractivity contribution >= 4 is 32.5 Å². The second kappa shape index (κ2) is 6.70. The van der Waals surface area contributed by atoms with Crippen LogP contribution in [-0.4, -0.2) is 36.4 Å². The Kier molecular flexibility index (Phi) is 4.35. The van der Waals surface area contributed by atoms with Crippen molar-refractivity contribution in [2.45, 2.75) is 19.0 Å². The minimum absolute atomic E-state index is 0.0584. The summed E-state index contributed by atoms with van der Waals surface area (Å²) in [7, 11) is -3.17. The van der Waals surface area contributed by atoms with Crippen molar-refractivity contribution in [3.8, 4) is 0 Å². The number of rotatable bonds is 4. The summed E-state index contributed by atoms with van der Waals surface area (Å²) in [6.07, 6.45) is 0.379. The fourth-order valence-electron chi connectivity index (χ4n) is 3.50. The summed E-state index contributed by atoms with van der Waals surface area (Å²) >= 11 is 0. The Hall–Kier alpha value is -2.87. The van der Waals surface area contributed by atoms with Gasteiger partial charge in [-0.15, -0.1) is 0 Å². The summed E-state index contributed by atoms with van der Waals surface area (Å²) in [5.41, 5.74) is 1.55. The number of benzene rings is 2. The van der Waals surface area contributed by atoms with E-state index in [2.05, 4.69) is 0 Å². The fraction of sp³-hybridized carbons (Fsp3) is 0.263. The minimum Gasteiger partial charge on any atom is -0.408 e. The molecule has 1 aliphatic rings. The molecule has 0 aliphatic carbocycles. The highest BCUT2D eigenvalue weighted by atomic mass is 32.2. The predicted molar refractivity (Wildman–Crippen MR) is 101 cm³/mol. The monoisotopic (exact) mass is 386 g/mol. The minimum atomic E-state index is -3.17. The number of hydrogen-bond acceptors (Lipinski definition) is 5. The first-order valence-corrected chi connectivity index (χ1v) is 10.4. The van der Waals surface area contributed by atoms with Gasteiger partial charge in [0.25, 0.3) is 0 Å². The maximum absolute atomic E-state index is 13.1. The Morgan fingerprint density at radius 3 is 2.52 bits per heavy atom. The lowest BCUT2D eigenvalue weighted by Crippen LogP contribution is -2.44. The second-order valence-corrected chi connectivity index (χ2v) is 8.81. The molecule has 140 valence electrons. The smallest absolute Gasteiger partial charge is 0.408 e. The maximum Gasteiger partial charge on any atom is 0.420 e. The van der Waals surface area contributed by atoms with Gasteiger partial charge < -0.3 is 9.32 Å². The number of para-hydroxylation sites is 3. The van der Waals surface area contributed by atoms with Crippen molar-refractivity contribution < 1.29 is 17.6 Å². The van der Waals surface area contributed by atoms with Crippen molar-refractivity contribution in [1.82, 2.24) is 4.57 Å². The molecule has 27 heavy (non-hydrogen) atoms. The van der Waals surface area contributed by atoms with Crippen molar-refractivity contribution in [3.05, 3.63) is 65.1 Å². The highest BCUT2D eigenvalue weighted by Crippen LogP contribution is 2.25. The lowest BCUT2D eigenvalue weighted by molar-refractivity contribution is -0.119. The number of sulfone groups is 1. The fourth-order valence-corrected chi connectivity index (χ4v) is 5.20. The lowest BCUT2D eigenvalue weighted by atomic mass is 10.1. The molecule has 1 unspecified atom stereocenters. The first kappa shape index (κ1) is 17.5. The third-order valence-electron chi connectivity index (χ3n) is 4.74. The molecule has 7 nitrogen and oxygen atoms in total. The summed E-state index contributed by atoms with van der Waals surface area (Å²) < 4.78 is 30.3. The zero-order valence-electron chi connectivity index (χ0n) is 14.4. The number of anilines is 1. The van der Waals surface area contributed by atoms with Gasteiger partial charge in [-0.25, -0.2) is 13.2 Å². The van der Waals surface area contributed by atoms with Crippen molar-refractivity contribution in [1.29, 1.82) is 0 Å². The molecule has 1 aromatic heterocycles. The molecular formula is C19H18N2O5S. The van der Waals surface area contributed by atoms with Gasteiger partial charge in [0.15, 0.2) is 15.4 Å². The Morgan fingerprint density at radius 1 is 1.11 bits per heavy atom. The van der Waals surface area contributed by atoms with E-state index in [0.717, 1.165) is 0 Å². The molecular weight excluding hydrogens is 368 g/mol. The highest BCUT2D eigenvalue weighted by Gasteiger charge is 2.35. The molecule has 0 spiro atoms. The van der Waals surface area contributed by atoms with Gasteiger partial charge >= 0.3 is 5.76 Å². The third kappa shape index (κ3) is 3.40. The number of fused-ring (bicyclic) bond motifs is 1. The lowest BCUT2D eigenvalue weighted by Gasteiger charge is -2.28. The van der Waals surface area contributed by atoms with Gasteiger partial charge in [0, 0.05) is 5.69 Å². The number of carbonyl (C=O) groups excluding carboxylic acids is 1. The molecule has 1 fully saturated rings. The molecule has 2 heterocycles. The zero-order valence-corrected chi connectivity index (χ0v) is 15.3. The van der Waals surface area contributed by atoms with Crippen molar-refractivity contribution in [2.24, 2.45) is 0 Å². The van der Waals surface area contributed by atoms with E-state index in [1.54, 1.807) is 48.5 Å². The van der Waals surface area contributed by atoms with E-state index in [-0.39, 0.29) is 24.0 Å². The Morgan fingerprint density at radius 2 is 1.81 bits per heavy atom. The molecule has 1 aliphatic heterocycles. The molecule has 0 radical (unpaired) electrons. The normalized spacial score (nSPS) is 18.6. The Balaban J connectivity index is 1.71. The average Bonchev–Trinajstić information content (AvgIpc) is 3.15. The molecule has 0 N–H and O–H groups in total. The first-order valence-electron chi connectivity index (χ1n) is 8.60. The van der Waals surface area contributed by atoms with Crippen LogP contribution in [0.15, 0.2) is 63.8 Å². The summed E-state index contributed by atoms with van der Waals surface area (Å²) in [4.78, 5) is 26.8. The summed E-state index contributed by atoms with van der Waals surface area (Å²) in [6, 6.07) is 15.4. The maximum atomic E-state index is 13.1. The third-order valence-corrected chi connectivity index (χ3v) is 6.49. The summed E-state index contributed by atoms with van der Waals surface area (Å²) in [6.45, 7) is -0.221. The van der Waals surface area contributed by atoms with Crippen molar-refractivity contribution in [3.63, 3.8) is 0 Å². The highest BCUT2D eigenvalue weighted by molar-refractivity contribution is 7.91. The van der Waals surface area contributed by atoms with Gasteiger partial charge in [0.1, 0.15) is 6.54 Å². The number of amides is 1. The van der Waals surface area contributed by atoms with Crippen LogP contribution in [0, 0.1) is 0 Å². The number of oxazole rings is 1. The molecule has 3 aromatic rings. The van der Waals surface area contributed by atoms with E-state index in [9.17, 15) is 18.0 Å². The SMILES string of the molecule is O=C(Cn1c(=O)oc2ccccc21)N(c1ccccc1)C1CCS(=O)(=O)C1. The van der Waals surface area contributed by atoms with Gasteiger partial charge in [-0.05, 0) is 30.7 Å². The topological polar surface area (TPSA) is 89.6 Å². The molecule has 2 aromatic carbocycles. The first-order chi connectivity index (χ1) is 12.9. The molecule has 4 rings (SSSR count). The Labute approximate surface area is 155 Å². The van der Waals surface area contributed by atoms with Crippen LogP contribution >= 0.6 is 0 Å². The van der Waals surface area contributed by atoms with E-state index < -0.39 is 21.6 Å². The van der Waals surface area contributed by atoms with Gasteiger partial charge in [0.2, 0.25) is 5.91 Å². The van der Waals surface area contributed by atoms with Gasteiger partial charge in [-0.3, -0.25) is 9.36 Å². The van der Waals surface area contributed by atoms with Crippen LogP contribution in [0.5, 0.6) is 0 Å². The number of aromatic nitrogens is 1. The second-order valence-electron chi connectivity index (χ2n) is 6.58. The van der Waals surface area contributed by atoms with E-state index in [4.69, 9.17) is 4.42 Å². The van der Waals surface area contributed by atoms with E-state index in [0.29, 0.717) is 23.2 Å². The van der Waals surface area contributed by atoms with Crippen LogP contribution in [0.1, 0.15) is 6.42 Å². The standard InChI is InChI=1S/C19H18N2O5S/c22-18(12-20-16-8-4-5-9-17(16)26-19(20)23)21(14-6-2-1-3-7-14)15-10-11-27(24,25)13-15/h1-9,15H,10-13H2. The molecule has 1 amide bonds. The quantitative estimate of drug-likeness (QED) is 0.682. The molecule has 8 heteroatoms. The molecule has 1 saturated heterocycles. The van der Waals surface area contributed by atoms with Gasteiger partial charge in [-0.1, -0.05) is 30.3 Å². The van der Waals surface area contributed by atoms with Gasteiger partial charge in [-0.2, -0.15) is 0 Å². The van der Waals surface area contributed by atoms with Crippen LogP contribution in [0.25, 0.3) is 11.1 Å². The largest absolute Gasteiger partial charge is 0.420 e. The number of nitrogens with zero attached hydrogens (tertiary/aromatic N) is 2. The average molecular weight is 386 g/mol. The van der Waals surface area contributed by atoms with Crippen molar-refractivity contribution in [2.75, 3.05) is 16.4 Å². The zero-order chi connectivity index (χ0) is 19.0. The summed E-state index contributed by atoms with van der Waals surface area (Å²) in [5.74, 6) is -0.981. The van der Waals surface area contributed by atoms with Crippen LogP contribution in [0.2, 0.25) is 0 Å². The number of carbonyl (C=O) groups is 1. The van der Waals surface area contributed by atoms with Crippen LogP contribution < -0.4 is 10.7 Å². The Bertz CT molecular complexity index is 1150. The van der Waals surface area contributed by atoms with E-state index >= 15 is 0 Å². The predicted octanol–water partition coefficient (Wildman–Crippen LogP) is 1.81. The number of hydrogen-bond donors (Lipinski definition) is 0. The van der Waals surface area contributed by atoms with Crippen LogP contribution in [0.3, 0.4) is 0 Å². The molecule has 0 saturated carbocycles. The van der Waals surface area contributed by atoms with E-state index in [1.807, 2.05) is 6.07 Å². The summed E-state index contributed by atoms with van der Waals surface area (Å²) in [5, 5.41) is 0. The molecule has 0 bridgehead atoms. The van der Waals surface area contributed by atoms with Gasteiger partial charge in [0.05, 0.1) is 23.1 Å². The van der Waals surface area contributed by atoms with E-state index in [1.165, 1.54) is 9.47 Å². The van der Waals surface area contributed by atoms with Crippen LogP contribution in [-0.2, 0) is 21.2 Å². The molecule has 1 atom stereocenters. The van der Waals surface area contributed by atoms with Crippen LogP contribution in [0.4, 0.5) is 5.69 Å².